The van der Waals surface area contributed by atoms with E-state index in [1.165, 1.54) is 17.9 Å². The van der Waals surface area contributed by atoms with Crippen molar-refractivity contribution in [2.75, 3.05) is 18.8 Å². The second-order valence-electron chi connectivity index (χ2n) is 5.27. The summed E-state index contributed by atoms with van der Waals surface area (Å²) in [7, 11) is 0. The average molecular weight is 343 g/mol. The highest BCUT2D eigenvalue weighted by Crippen LogP contribution is 2.27. The Morgan fingerprint density at radius 3 is 2.89 bits per heavy atom. The second kappa shape index (κ2) is 7.11. The number of nitrogens with zero attached hydrogens (tertiary/aromatic N) is 1. The first-order valence-electron chi connectivity index (χ1n) is 6.95. The molecular formula is C15H23BrN2S. The maximum absolute atomic E-state index is 6.33. The molecule has 2 nitrogen and oxygen atoms in total. The first-order chi connectivity index (χ1) is 9.09. The molecule has 2 rings (SSSR count). The summed E-state index contributed by atoms with van der Waals surface area (Å²) in [5.74, 6) is 1.25. The SMILES string of the molecule is CC1SCCN(CCC(N)c2ccccc2Br)C1C. The van der Waals surface area contributed by atoms with Crippen molar-refractivity contribution in [3.63, 3.8) is 0 Å². The summed E-state index contributed by atoms with van der Waals surface area (Å²) in [5, 5.41) is 0.730. The fraction of sp³-hybridized carbons (Fsp3) is 0.600. The van der Waals surface area contributed by atoms with Gasteiger partial charge < -0.3 is 5.73 Å². The summed E-state index contributed by atoms with van der Waals surface area (Å²) in [6.45, 7) is 6.95. The lowest BCUT2D eigenvalue weighted by Crippen LogP contribution is -2.45. The van der Waals surface area contributed by atoms with Gasteiger partial charge in [-0.25, -0.2) is 0 Å². The van der Waals surface area contributed by atoms with Crippen LogP contribution in [0.4, 0.5) is 0 Å². The van der Waals surface area contributed by atoms with Gasteiger partial charge in [0.1, 0.15) is 0 Å². The van der Waals surface area contributed by atoms with Gasteiger partial charge in [-0.2, -0.15) is 11.8 Å². The zero-order valence-corrected chi connectivity index (χ0v) is 14.1. The molecule has 19 heavy (non-hydrogen) atoms. The third-order valence-corrected chi connectivity index (χ3v) is 6.11. The lowest BCUT2D eigenvalue weighted by atomic mass is 10.0. The molecule has 0 spiro atoms. The number of benzene rings is 1. The smallest absolute Gasteiger partial charge is 0.0318 e. The van der Waals surface area contributed by atoms with Crippen molar-refractivity contribution in [1.29, 1.82) is 0 Å². The van der Waals surface area contributed by atoms with Gasteiger partial charge in [0, 0.05) is 40.6 Å². The quantitative estimate of drug-likeness (QED) is 0.905. The minimum atomic E-state index is 0.118. The maximum atomic E-state index is 6.33. The van der Waals surface area contributed by atoms with Gasteiger partial charge >= 0.3 is 0 Å². The molecule has 0 aliphatic carbocycles. The molecule has 1 aliphatic heterocycles. The van der Waals surface area contributed by atoms with Gasteiger partial charge in [0.15, 0.2) is 0 Å². The Hall–Kier alpha value is -0.0300. The number of halogens is 1. The first kappa shape index (κ1) is 15.4. The molecule has 1 saturated heterocycles. The Kier molecular flexibility index (Phi) is 5.75. The van der Waals surface area contributed by atoms with Crippen molar-refractivity contribution in [2.24, 2.45) is 5.73 Å². The van der Waals surface area contributed by atoms with E-state index in [4.69, 9.17) is 5.73 Å². The molecule has 3 atom stereocenters. The summed E-state index contributed by atoms with van der Waals surface area (Å²) in [6, 6.07) is 9.05. The zero-order valence-electron chi connectivity index (χ0n) is 11.7. The molecular weight excluding hydrogens is 320 g/mol. The van der Waals surface area contributed by atoms with Crippen LogP contribution in [-0.4, -0.2) is 35.0 Å². The zero-order chi connectivity index (χ0) is 13.8. The Morgan fingerprint density at radius 1 is 1.42 bits per heavy atom. The van der Waals surface area contributed by atoms with Crippen LogP contribution in [0.5, 0.6) is 0 Å². The van der Waals surface area contributed by atoms with Crippen LogP contribution < -0.4 is 5.73 Å². The lowest BCUT2D eigenvalue weighted by molar-refractivity contribution is 0.205. The lowest BCUT2D eigenvalue weighted by Gasteiger charge is -2.38. The predicted octanol–water partition coefficient (Wildman–Crippen LogP) is 3.66. The van der Waals surface area contributed by atoms with Crippen molar-refractivity contribution in [3.05, 3.63) is 34.3 Å². The van der Waals surface area contributed by atoms with E-state index in [0.717, 1.165) is 22.7 Å². The van der Waals surface area contributed by atoms with Crippen molar-refractivity contribution < 1.29 is 0 Å². The van der Waals surface area contributed by atoms with Gasteiger partial charge in [-0.15, -0.1) is 0 Å². The molecule has 1 fully saturated rings. The van der Waals surface area contributed by atoms with Gasteiger partial charge in [0.2, 0.25) is 0 Å². The summed E-state index contributed by atoms with van der Waals surface area (Å²) in [6.07, 6.45) is 1.02. The molecule has 1 heterocycles. The number of rotatable bonds is 4. The van der Waals surface area contributed by atoms with E-state index in [9.17, 15) is 0 Å². The molecule has 1 aromatic carbocycles. The van der Waals surface area contributed by atoms with Crippen molar-refractivity contribution >= 4 is 27.7 Å². The Balaban J connectivity index is 1.90. The molecule has 0 aromatic heterocycles. The van der Waals surface area contributed by atoms with E-state index in [1.807, 2.05) is 6.07 Å². The van der Waals surface area contributed by atoms with Crippen LogP contribution in [0.25, 0.3) is 0 Å². The normalized spacial score (nSPS) is 26.3. The van der Waals surface area contributed by atoms with E-state index in [1.54, 1.807) is 0 Å². The Morgan fingerprint density at radius 2 is 2.16 bits per heavy atom. The standard InChI is InChI=1S/C15H23BrN2S/c1-11-12(2)19-10-9-18(11)8-7-15(17)13-5-3-4-6-14(13)16/h3-6,11-12,15H,7-10,17H2,1-2H3. The number of thioether (sulfide) groups is 1. The second-order valence-corrected chi connectivity index (χ2v) is 7.61. The fourth-order valence-electron chi connectivity index (χ4n) is 2.55. The Labute approximate surface area is 129 Å². The van der Waals surface area contributed by atoms with Gasteiger partial charge in [-0.3, -0.25) is 4.90 Å². The van der Waals surface area contributed by atoms with Crippen LogP contribution in [0, 0.1) is 0 Å². The molecule has 106 valence electrons. The Bertz CT molecular complexity index is 413. The maximum Gasteiger partial charge on any atom is 0.0318 e. The topological polar surface area (TPSA) is 29.3 Å². The molecule has 3 unspecified atom stereocenters. The fourth-order valence-corrected chi connectivity index (χ4v) is 4.29. The molecule has 2 N–H and O–H groups in total. The minimum absolute atomic E-state index is 0.118. The van der Waals surface area contributed by atoms with Crippen molar-refractivity contribution in [1.82, 2.24) is 4.90 Å². The van der Waals surface area contributed by atoms with Crippen LogP contribution in [0.3, 0.4) is 0 Å². The van der Waals surface area contributed by atoms with Crippen LogP contribution >= 0.6 is 27.7 Å². The van der Waals surface area contributed by atoms with E-state index in [-0.39, 0.29) is 6.04 Å². The molecule has 0 amide bonds. The van der Waals surface area contributed by atoms with Gasteiger partial charge in [0.25, 0.3) is 0 Å². The van der Waals surface area contributed by atoms with Gasteiger partial charge in [0.05, 0.1) is 0 Å². The van der Waals surface area contributed by atoms with Crippen LogP contribution in [-0.2, 0) is 0 Å². The molecule has 0 bridgehead atoms. The van der Waals surface area contributed by atoms with E-state index >= 15 is 0 Å². The highest BCUT2D eigenvalue weighted by Gasteiger charge is 2.25. The third kappa shape index (κ3) is 3.97. The number of hydrogen-bond donors (Lipinski definition) is 1. The molecule has 0 radical (unpaired) electrons. The first-order valence-corrected chi connectivity index (χ1v) is 8.79. The molecule has 4 heteroatoms. The third-order valence-electron chi connectivity index (χ3n) is 4.05. The van der Waals surface area contributed by atoms with Crippen LogP contribution in [0.1, 0.15) is 31.9 Å². The highest BCUT2D eigenvalue weighted by atomic mass is 79.9. The van der Waals surface area contributed by atoms with Crippen molar-refractivity contribution in [3.8, 4) is 0 Å². The minimum Gasteiger partial charge on any atom is -0.324 e. The summed E-state index contributed by atoms with van der Waals surface area (Å²) >= 11 is 5.67. The number of nitrogens with two attached hydrogens (primary N) is 1. The van der Waals surface area contributed by atoms with Gasteiger partial charge in [-0.05, 0) is 25.0 Å². The number of hydrogen-bond acceptors (Lipinski definition) is 3. The van der Waals surface area contributed by atoms with Crippen LogP contribution in [0.2, 0.25) is 0 Å². The average Bonchev–Trinajstić information content (AvgIpc) is 2.40. The van der Waals surface area contributed by atoms with Crippen LogP contribution in [0.15, 0.2) is 28.7 Å². The molecule has 1 aromatic rings. The van der Waals surface area contributed by atoms with E-state index in [2.05, 4.69) is 64.6 Å². The van der Waals surface area contributed by atoms with E-state index in [0.29, 0.717) is 6.04 Å². The highest BCUT2D eigenvalue weighted by molar-refractivity contribution is 9.10. The largest absolute Gasteiger partial charge is 0.324 e. The summed E-state index contributed by atoms with van der Waals surface area (Å²) < 4.78 is 1.12. The predicted molar refractivity (Wildman–Crippen MR) is 88.6 cm³/mol. The molecule has 1 aliphatic rings. The van der Waals surface area contributed by atoms with E-state index < -0.39 is 0 Å². The molecule has 0 saturated carbocycles. The monoisotopic (exact) mass is 342 g/mol. The van der Waals surface area contributed by atoms with Crippen molar-refractivity contribution in [2.45, 2.75) is 37.6 Å². The summed E-state index contributed by atoms with van der Waals surface area (Å²) in [5.41, 5.74) is 7.55. The van der Waals surface area contributed by atoms with Gasteiger partial charge in [-0.1, -0.05) is 41.1 Å². The summed E-state index contributed by atoms with van der Waals surface area (Å²) in [4.78, 5) is 2.58.